The predicted molar refractivity (Wildman–Crippen MR) is 296 cm³/mol. The average molecular weight is 1300 g/mol. The Balaban J connectivity index is 0.0000132. The molecule has 3 aromatic rings. The SMILES string of the molecule is CCOc1ccccc1-c1ncc(C2(C(=O)N[C@@H]3CCN(CCOCCOCCOCCOCCNC(=O)CN4CCN(CC(=O)[O-])CCN(CC(=O)[O-])CCN(CC(=O)[O-])CC4)C3)CCN(c3ccc(C(F)(F)F)cc3C#N)CC2)cc1F.[In+3]. The van der Waals surface area contributed by atoms with Gasteiger partial charge in [0, 0.05) is 129 Å². The predicted octanol–water partition coefficient (Wildman–Crippen LogP) is -1.82. The van der Waals surface area contributed by atoms with E-state index < -0.39 is 60.5 Å². The summed E-state index contributed by atoms with van der Waals surface area (Å²) in [6.45, 7) is 7.68. The number of aliphatic carboxylic acids is 3. The van der Waals surface area contributed by atoms with E-state index in [0.29, 0.717) is 88.3 Å². The zero-order valence-electron chi connectivity index (χ0n) is 48.0. The molecule has 3 fully saturated rings. The normalized spacial score (nSPS) is 17.9. The molecular weight excluding hydrogens is 1220 g/mol. The summed E-state index contributed by atoms with van der Waals surface area (Å²) in [5.41, 5.74) is -1.13. The molecule has 0 spiro atoms. The summed E-state index contributed by atoms with van der Waals surface area (Å²) in [4.78, 5) is 76.7. The van der Waals surface area contributed by atoms with Crippen molar-refractivity contribution in [3.8, 4) is 23.1 Å². The van der Waals surface area contributed by atoms with Crippen molar-refractivity contribution >= 4 is 61.3 Å². The van der Waals surface area contributed by atoms with Crippen molar-refractivity contribution in [3.05, 3.63) is 77.2 Å². The minimum Gasteiger partial charge on any atom is -0.549 e. The Labute approximate surface area is 511 Å². The number of carboxylic acids is 3. The maximum Gasteiger partial charge on any atom is 3.00 e. The Hall–Kier alpha value is -5.74. The van der Waals surface area contributed by atoms with Crippen LogP contribution in [0.15, 0.2) is 54.7 Å². The first-order valence-electron chi connectivity index (χ1n) is 28.2. The number of aromatic nitrogens is 1. The van der Waals surface area contributed by atoms with E-state index in [9.17, 15) is 57.7 Å². The second-order valence-corrected chi connectivity index (χ2v) is 20.7. The van der Waals surface area contributed by atoms with Gasteiger partial charge in [0.25, 0.3) is 0 Å². The molecule has 0 unspecified atom stereocenters. The van der Waals surface area contributed by atoms with Crippen LogP contribution >= 0.6 is 0 Å². The number of benzene rings is 2. The Morgan fingerprint density at radius 1 is 0.706 bits per heavy atom. The second-order valence-electron chi connectivity index (χ2n) is 20.7. The number of nitriles is 1. The summed E-state index contributed by atoms with van der Waals surface area (Å²) in [5, 5.41) is 50.0. The van der Waals surface area contributed by atoms with Crippen LogP contribution in [-0.4, -0.2) is 268 Å². The number of alkyl halides is 3. The van der Waals surface area contributed by atoms with E-state index in [1.165, 1.54) is 18.3 Å². The zero-order chi connectivity index (χ0) is 60.5. The van der Waals surface area contributed by atoms with Gasteiger partial charge >= 0.3 is 32.0 Å². The number of pyridine rings is 1. The number of piperidine rings is 1. The first kappa shape index (κ1) is 70.0. The molecule has 0 saturated carbocycles. The number of anilines is 1. The molecular formula is C57H75F4InN10O13. The summed E-state index contributed by atoms with van der Waals surface area (Å²) < 4.78 is 85.1. The summed E-state index contributed by atoms with van der Waals surface area (Å²) in [6, 6.07) is 13.0. The molecule has 0 radical (unpaired) electrons. The van der Waals surface area contributed by atoms with Crippen molar-refractivity contribution in [2.45, 2.75) is 43.8 Å². The summed E-state index contributed by atoms with van der Waals surface area (Å²) in [7, 11) is 0. The Morgan fingerprint density at radius 3 is 1.75 bits per heavy atom. The minimum absolute atomic E-state index is 0. The van der Waals surface area contributed by atoms with E-state index in [4.69, 9.17) is 23.7 Å². The molecule has 1 atom stereocenters. The molecule has 2 amide bonds. The number of carbonyl (C=O) groups is 5. The van der Waals surface area contributed by atoms with Gasteiger partial charge in [0.05, 0.1) is 106 Å². The van der Waals surface area contributed by atoms with Crippen LogP contribution in [0.4, 0.5) is 23.2 Å². The molecule has 0 bridgehead atoms. The van der Waals surface area contributed by atoms with E-state index in [0.717, 1.165) is 12.1 Å². The fourth-order valence-electron chi connectivity index (χ4n) is 10.4. The number of para-hydroxylation sites is 1. The van der Waals surface area contributed by atoms with Gasteiger partial charge in [-0.3, -0.25) is 39.1 Å². The van der Waals surface area contributed by atoms with E-state index in [1.54, 1.807) is 48.8 Å². The van der Waals surface area contributed by atoms with Crippen molar-refractivity contribution in [3.63, 3.8) is 0 Å². The molecule has 3 aliphatic heterocycles. The van der Waals surface area contributed by atoms with Gasteiger partial charge in [0.1, 0.15) is 23.3 Å². The number of likely N-dealkylation sites (tertiary alicyclic amines) is 1. The molecule has 462 valence electrons. The molecule has 85 heavy (non-hydrogen) atoms. The van der Waals surface area contributed by atoms with Gasteiger partial charge in [-0.1, -0.05) is 12.1 Å². The van der Waals surface area contributed by atoms with E-state index in [-0.39, 0.29) is 166 Å². The molecule has 3 saturated heterocycles. The molecule has 4 heterocycles. The molecule has 23 nitrogen and oxygen atoms in total. The van der Waals surface area contributed by atoms with E-state index in [1.807, 2.05) is 13.0 Å². The number of carboxylic acid groups (broad SMARTS) is 3. The van der Waals surface area contributed by atoms with Crippen LogP contribution in [0, 0.1) is 17.1 Å². The number of rotatable bonds is 30. The number of hydrogen-bond donors (Lipinski definition) is 2. The zero-order valence-corrected chi connectivity index (χ0v) is 51.3. The van der Waals surface area contributed by atoms with Gasteiger partial charge in [0.15, 0.2) is 0 Å². The fraction of sp³-hybridized carbons (Fsp3) is 0.596. The third-order valence-electron chi connectivity index (χ3n) is 14.9. The van der Waals surface area contributed by atoms with Gasteiger partial charge in [-0.25, -0.2) is 4.39 Å². The fourth-order valence-corrected chi connectivity index (χ4v) is 10.4. The van der Waals surface area contributed by atoms with Gasteiger partial charge in [0.2, 0.25) is 11.8 Å². The van der Waals surface area contributed by atoms with Crippen LogP contribution in [0.2, 0.25) is 0 Å². The van der Waals surface area contributed by atoms with Crippen molar-refractivity contribution in [2.75, 3.05) is 182 Å². The van der Waals surface area contributed by atoms with Gasteiger partial charge in [-0.05, 0) is 68.1 Å². The molecule has 1 aromatic heterocycles. The standard InChI is InChI=1S/C57H78F4N10O13.In/c1-2-84-49-6-4-3-5-46(49)54-47(58)34-44(36-64-54)56(10-14-71(15-11-56)48-8-7-43(57(59,60)61)33-42(48)35-62)55(79)65-45-9-13-66(37-45)24-26-81-28-30-83-32-31-82-29-27-80-25-12-63-50(72)38-67-16-18-68(39-51(73)74)20-22-70(41-53(77)78)23-21-69(19-17-67)40-52(75)76;/h3-8,33-34,36,45H,2,9-32,37-41H2,1H3,(H,63,72)(H,65,79)(H,73,74)(H,75,76)(H,77,78);/q;+3/p-3/t45-;/m1./s1. The quantitative estimate of drug-likeness (QED) is 0.0549. The Kier molecular flexibility index (Phi) is 29.5. The van der Waals surface area contributed by atoms with Gasteiger partial charge in [-0.2, -0.15) is 18.4 Å². The van der Waals surface area contributed by atoms with Crippen LogP contribution in [-0.2, 0) is 54.5 Å². The number of hydrogen-bond acceptors (Lipinski definition) is 21. The van der Waals surface area contributed by atoms with Crippen LogP contribution in [0.3, 0.4) is 0 Å². The summed E-state index contributed by atoms with van der Waals surface area (Å²) in [6.07, 6.45) is -2.13. The van der Waals surface area contributed by atoms with Gasteiger partial charge in [-0.15, -0.1) is 0 Å². The first-order valence-corrected chi connectivity index (χ1v) is 28.2. The van der Waals surface area contributed by atoms with Crippen molar-refractivity contribution in [1.82, 2.24) is 40.1 Å². The second kappa shape index (κ2) is 35.8. The van der Waals surface area contributed by atoms with Gasteiger partial charge < -0.3 is 68.9 Å². The number of halogens is 4. The van der Waals surface area contributed by atoms with Crippen LogP contribution in [0.1, 0.15) is 42.9 Å². The Bertz CT molecular complexity index is 2640. The van der Waals surface area contributed by atoms with E-state index in [2.05, 4.69) is 20.5 Å². The van der Waals surface area contributed by atoms with Crippen molar-refractivity contribution < 1.29 is 80.5 Å². The van der Waals surface area contributed by atoms with Crippen LogP contribution in [0.5, 0.6) is 5.75 Å². The maximum absolute atomic E-state index is 16.2. The van der Waals surface area contributed by atoms with Crippen LogP contribution in [0.25, 0.3) is 11.3 Å². The van der Waals surface area contributed by atoms with Crippen molar-refractivity contribution in [1.29, 1.82) is 5.26 Å². The van der Waals surface area contributed by atoms with E-state index >= 15 is 4.39 Å². The monoisotopic (exact) mass is 1300 g/mol. The molecule has 3 aliphatic rings. The topological polar surface area (TPSA) is 281 Å². The smallest absolute Gasteiger partial charge is 0.549 e. The molecule has 28 heteroatoms. The largest absolute Gasteiger partial charge is 3.00 e. The minimum atomic E-state index is -4.63. The number of ether oxygens (including phenoxy) is 5. The van der Waals surface area contributed by atoms with Crippen LogP contribution < -0.4 is 35.6 Å². The first-order chi connectivity index (χ1) is 40.4. The number of nitrogens with zero attached hydrogens (tertiary/aromatic N) is 8. The average Bonchev–Trinajstić information content (AvgIpc) is 1.83. The third kappa shape index (κ3) is 22.8. The molecule has 2 aromatic carbocycles. The molecule has 0 aliphatic carbocycles. The number of nitrogens with one attached hydrogen (secondary N) is 2. The maximum atomic E-state index is 16.2. The molecule has 2 N–H and O–H groups in total. The Morgan fingerprint density at radius 2 is 1.24 bits per heavy atom. The summed E-state index contributed by atoms with van der Waals surface area (Å²) in [5.74, 6) is -4.73. The van der Waals surface area contributed by atoms with Crippen molar-refractivity contribution in [2.24, 2.45) is 0 Å². The summed E-state index contributed by atoms with van der Waals surface area (Å²) >= 11 is 0. The number of carbonyl (C=O) groups excluding carboxylic acids is 5. The molecule has 6 rings (SSSR count). The third-order valence-corrected chi connectivity index (χ3v) is 14.9. The number of amides is 2.